The lowest BCUT2D eigenvalue weighted by atomic mass is 9.79. The van der Waals surface area contributed by atoms with Gasteiger partial charge in [-0.05, 0) is 88.5 Å². The van der Waals surface area contributed by atoms with Crippen molar-refractivity contribution >= 4 is 52.9 Å². The van der Waals surface area contributed by atoms with Gasteiger partial charge in [-0.25, -0.2) is 4.98 Å². The van der Waals surface area contributed by atoms with Crippen LogP contribution >= 0.6 is 11.6 Å². The van der Waals surface area contributed by atoms with Gasteiger partial charge in [0.15, 0.2) is 0 Å². The molecule has 11 heteroatoms. The van der Waals surface area contributed by atoms with E-state index in [1.807, 2.05) is 64.6 Å². The number of piperidine rings is 1. The minimum absolute atomic E-state index is 0.0106. The third-order valence-corrected chi connectivity index (χ3v) is 10.3. The molecule has 2 saturated heterocycles. The van der Waals surface area contributed by atoms with Crippen LogP contribution in [0.25, 0.3) is 11.0 Å². The Labute approximate surface area is 263 Å². The molecule has 2 aromatic carbocycles. The third kappa shape index (κ3) is 5.05. The Balaban J connectivity index is 1.50. The van der Waals surface area contributed by atoms with Gasteiger partial charge in [0.05, 0.1) is 38.9 Å². The predicted octanol–water partition coefficient (Wildman–Crippen LogP) is 4.89. The van der Waals surface area contributed by atoms with Gasteiger partial charge in [-0.15, -0.1) is 0 Å². The molecule has 6 rings (SSSR count). The lowest BCUT2D eigenvalue weighted by Crippen LogP contribution is -2.53. The van der Waals surface area contributed by atoms with Crippen LogP contribution in [0.15, 0.2) is 42.5 Å². The van der Waals surface area contributed by atoms with E-state index >= 15 is 0 Å². The molecule has 3 aliphatic rings. The summed E-state index contributed by atoms with van der Waals surface area (Å²) >= 11 is 6.56. The van der Waals surface area contributed by atoms with Gasteiger partial charge in [-0.3, -0.25) is 19.0 Å². The first-order valence-corrected chi connectivity index (χ1v) is 15.8. The highest BCUT2D eigenvalue weighted by Crippen LogP contribution is 2.51. The van der Waals surface area contributed by atoms with Gasteiger partial charge in [0.25, 0.3) is 5.91 Å². The van der Waals surface area contributed by atoms with E-state index in [0.29, 0.717) is 27.4 Å². The van der Waals surface area contributed by atoms with Crippen LogP contribution in [0.5, 0.6) is 0 Å². The number of nitrogens with zero attached hydrogens (tertiary/aromatic N) is 3. The lowest BCUT2D eigenvalue weighted by Gasteiger charge is -2.38. The molecule has 1 aromatic heterocycles. The molecule has 232 valence electrons. The minimum atomic E-state index is -0.679. The smallest absolute Gasteiger partial charge is 0.399 e. The number of aromatic nitrogens is 2. The van der Waals surface area contributed by atoms with Gasteiger partial charge in [0.1, 0.15) is 11.9 Å². The fourth-order valence-corrected chi connectivity index (χ4v) is 7.15. The second-order valence-corrected chi connectivity index (χ2v) is 14.2. The standard InChI is InChI=1S/C33H40BClN4O5/c1-18(2)27(36-19(3)40)31(42)38-22-14-12-20(16-22)28(38)29-37-25-15-13-21(34-43-32(4,5)33(6,7)44-34)17-26(25)39(29)30(41)23-10-8-9-11-24(23)35/h8-11,13,15,17-18,20,22,27-28H,12,14,16H2,1-7H3,(H,36,40). The zero-order chi connectivity index (χ0) is 31.7. The molecule has 2 amide bonds. The average Bonchev–Trinajstić information content (AvgIpc) is 3.70. The first-order chi connectivity index (χ1) is 20.7. The zero-order valence-corrected chi connectivity index (χ0v) is 27.1. The molecule has 2 aliphatic heterocycles. The molecule has 1 N–H and O–H groups in total. The summed E-state index contributed by atoms with van der Waals surface area (Å²) in [5, 5.41) is 3.20. The Hall–Kier alpha value is -3.21. The number of benzene rings is 2. The zero-order valence-electron chi connectivity index (χ0n) is 26.4. The normalized spacial score (nSPS) is 24.3. The summed E-state index contributed by atoms with van der Waals surface area (Å²) in [4.78, 5) is 47.7. The van der Waals surface area contributed by atoms with Crippen molar-refractivity contribution in [2.24, 2.45) is 11.8 Å². The molecule has 3 aromatic rings. The topological polar surface area (TPSA) is 103 Å². The summed E-state index contributed by atoms with van der Waals surface area (Å²) in [6.45, 7) is 13.3. The van der Waals surface area contributed by atoms with Gasteiger partial charge in [0, 0.05) is 13.0 Å². The number of hydrogen-bond acceptors (Lipinski definition) is 6. The highest BCUT2D eigenvalue weighted by molar-refractivity contribution is 6.62. The van der Waals surface area contributed by atoms with Crippen LogP contribution in [0.2, 0.25) is 5.02 Å². The second kappa shape index (κ2) is 11.0. The van der Waals surface area contributed by atoms with Crippen molar-refractivity contribution in [1.29, 1.82) is 0 Å². The Morgan fingerprint density at radius 3 is 2.36 bits per heavy atom. The van der Waals surface area contributed by atoms with E-state index in [1.54, 1.807) is 28.8 Å². The number of carbonyl (C=O) groups is 3. The van der Waals surface area contributed by atoms with Gasteiger partial charge in [0.2, 0.25) is 11.8 Å². The monoisotopic (exact) mass is 618 g/mol. The number of rotatable bonds is 6. The molecule has 3 heterocycles. The molecule has 4 unspecified atom stereocenters. The van der Waals surface area contributed by atoms with Crippen molar-refractivity contribution in [3.63, 3.8) is 0 Å². The number of amides is 2. The first kappa shape index (κ1) is 30.8. The fourth-order valence-electron chi connectivity index (χ4n) is 6.93. The molecule has 2 bridgehead atoms. The Bertz CT molecular complexity index is 1640. The van der Waals surface area contributed by atoms with E-state index < -0.39 is 30.4 Å². The van der Waals surface area contributed by atoms with Crippen molar-refractivity contribution in [1.82, 2.24) is 19.8 Å². The van der Waals surface area contributed by atoms with Crippen molar-refractivity contribution in [2.75, 3.05) is 0 Å². The Morgan fingerprint density at radius 1 is 1.05 bits per heavy atom. The van der Waals surface area contributed by atoms with Crippen LogP contribution in [-0.4, -0.2) is 62.6 Å². The van der Waals surface area contributed by atoms with Crippen LogP contribution in [0, 0.1) is 11.8 Å². The van der Waals surface area contributed by atoms with E-state index in [-0.39, 0.29) is 35.6 Å². The number of imidazole rings is 1. The number of carbonyl (C=O) groups excluding carboxylic acids is 3. The number of likely N-dealkylation sites (tertiary alicyclic amines) is 1. The van der Waals surface area contributed by atoms with Gasteiger partial charge in [-0.1, -0.05) is 43.6 Å². The summed E-state index contributed by atoms with van der Waals surface area (Å²) in [5.41, 5.74) is 1.26. The highest BCUT2D eigenvalue weighted by atomic mass is 35.5. The highest BCUT2D eigenvalue weighted by Gasteiger charge is 2.53. The van der Waals surface area contributed by atoms with E-state index in [0.717, 1.165) is 24.7 Å². The molecule has 3 fully saturated rings. The van der Waals surface area contributed by atoms with Crippen LogP contribution in [0.3, 0.4) is 0 Å². The molecule has 4 atom stereocenters. The number of hydrogen-bond donors (Lipinski definition) is 1. The second-order valence-electron chi connectivity index (χ2n) is 13.8. The maximum Gasteiger partial charge on any atom is 0.494 e. The summed E-state index contributed by atoms with van der Waals surface area (Å²) in [7, 11) is -0.628. The fraction of sp³-hybridized carbons (Fsp3) is 0.515. The molecule has 0 spiro atoms. The van der Waals surface area contributed by atoms with E-state index in [2.05, 4.69) is 5.32 Å². The van der Waals surface area contributed by atoms with E-state index in [1.165, 1.54) is 6.92 Å². The van der Waals surface area contributed by atoms with Crippen LogP contribution < -0.4 is 10.8 Å². The van der Waals surface area contributed by atoms with E-state index in [9.17, 15) is 14.4 Å². The predicted molar refractivity (Wildman–Crippen MR) is 170 cm³/mol. The molecule has 44 heavy (non-hydrogen) atoms. The summed E-state index contributed by atoms with van der Waals surface area (Å²) in [5.74, 6) is -0.203. The molecule has 0 radical (unpaired) electrons. The van der Waals surface area contributed by atoms with Gasteiger partial charge >= 0.3 is 7.12 Å². The Kier molecular flexibility index (Phi) is 7.70. The van der Waals surface area contributed by atoms with Crippen molar-refractivity contribution in [3.05, 3.63) is 58.9 Å². The Morgan fingerprint density at radius 2 is 1.73 bits per heavy atom. The largest absolute Gasteiger partial charge is 0.494 e. The minimum Gasteiger partial charge on any atom is -0.399 e. The van der Waals surface area contributed by atoms with Crippen LogP contribution in [0.4, 0.5) is 0 Å². The number of halogens is 1. The molecule has 9 nitrogen and oxygen atoms in total. The number of fused-ring (bicyclic) bond motifs is 3. The van der Waals surface area contributed by atoms with Crippen LogP contribution in [0.1, 0.15) is 90.0 Å². The number of nitrogens with one attached hydrogen (secondary N) is 1. The SMILES string of the molecule is CC(=O)NC(C(=O)N1C2CCC(C2)C1c1nc2ccc(B3OC(C)(C)C(C)(C)O3)cc2n1C(=O)c1ccccc1Cl)C(C)C. The maximum absolute atomic E-state index is 14.4. The van der Waals surface area contributed by atoms with Crippen molar-refractivity contribution in [3.8, 4) is 0 Å². The third-order valence-electron chi connectivity index (χ3n) is 9.93. The van der Waals surface area contributed by atoms with Gasteiger partial charge in [-0.2, -0.15) is 0 Å². The van der Waals surface area contributed by atoms with Crippen molar-refractivity contribution < 1.29 is 23.7 Å². The summed E-state index contributed by atoms with van der Waals surface area (Å²) < 4.78 is 14.3. The molecular formula is C33H40BClN4O5. The van der Waals surface area contributed by atoms with Crippen molar-refractivity contribution in [2.45, 2.75) is 97.1 Å². The quantitative estimate of drug-likeness (QED) is 0.395. The lowest BCUT2D eigenvalue weighted by molar-refractivity contribution is -0.141. The maximum atomic E-state index is 14.4. The van der Waals surface area contributed by atoms with Crippen LogP contribution in [-0.2, 0) is 18.9 Å². The van der Waals surface area contributed by atoms with Gasteiger partial charge < -0.3 is 19.5 Å². The summed E-state index contributed by atoms with van der Waals surface area (Å²) in [6.07, 6.45) is 2.63. The first-order valence-electron chi connectivity index (χ1n) is 15.5. The summed E-state index contributed by atoms with van der Waals surface area (Å²) in [6, 6.07) is 11.5. The van der Waals surface area contributed by atoms with E-state index in [4.69, 9.17) is 25.9 Å². The molecule has 1 aliphatic carbocycles. The average molecular weight is 619 g/mol. The molecular weight excluding hydrogens is 579 g/mol. The molecule has 1 saturated carbocycles.